The normalized spacial score (nSPS) is 12.8. The van der Waals surface area contributed by atoms with Crippen LogP contribution in [-0.4, -0.2) is 61.5 Å². The summed E-state index contributed by atoms with van der Waals surface area (Å²) in [6.45, 7) is 6.10. The van der Waals surface area contributed by atoms with Crippen molar-refractivity contribution in [1.82, 2.24) is 0 Å². The molecule has 0 fully saturated rings. The average Bonchev–Trinajstić information content (AvgIpc) is 2.46. The quantitative estimate of drug-likeness (QED) is 0.180. The van der Waals surface area contributed by atoms with E-state index in [1.54, 1.807) is 6.92 Å². The predicted octanol–water partition coefficient (Wildman–Crippen LogP) is 2.80. The molecule has 5 nitrogen and oxygen atoms in total. The van der Waals surface area contributed by atoms with E-state index in [2.05, 4.69) is 6.58 Å². The zero-order valence-electron chi connectivity index (χ0n) is 15.8. The molecular weight excluding hydrogens is 325 g/mol. The number of likely N-dealkylation sites (N-methyl/N-ethyl adjacent to an activating group) is 1. The molecule has 0 amide bonds. The molecule has 0 rings (SSSR count). The molecule has 0 radical (unpaired) electrons. The van der Waals surface area contributed by atoms with Crippen molar-refractivity contribution < 1.29 is 24.0 Å². The summed E-state index contributed by atoms with van der Waals surface area (Å²) >= 11 is 0. The molecular formula is C18H35NO4P+. The molecule has 1 N–H and O–H groups in total. The first kappa shape index (κ1) is 23.3. The first-order valence-electron chi connectivity index (χ1n) is 8.76. The summed E-state index contributed by atoms with van der Waals surface area (Å²) in [5.74, 6) is -0.311. The number of nitrogens with zero attached hydrogens (tertiary/aromatic N) is 1. The zero-order valence-corrected chi connectivity index (χ0v) is 16.7. The summed E-state index contributed by atoms with van der Waals surface area (Å²) < 4.78 is 5.63. The van der Waals surface area contributed by atoms with Gasteiger partial charge in [-0.25, -0.2) is 4.79 Å². The lowest BCUT2D eigenvalue weighted by Gasteiger charge is -2.22. The number of hydrogen-bond acceptors (Lipinski definition) is 3. The Hall–Kier alpha value is -0.740. The number of aliphatic hydroxyl groups is 1. The molecule has 6 heteroatoms. The highest BCUT2D eigenvalue weighted by molar-refractivity contribution is 7.51. The van der Waals surface area contributed by atoms with Gasteiger partial charge in [0.1, 0.15) is 6.16 Å². The molecule has 0 heterocycles. The van der Waals surface area contributed by atoms with Gasteiger partial charge in [-0.15, -0.1) is 0 Å². The van der Waals surface area contributed by atoms with Gasteiger partial charge >= 0.3 is 5.97 Å². The lowest BCUT2D eigenvalue weighted by Crippen LogP contribution is -2.39. The van der Waals surface area contributed by atoms with Crippen LogP contribution < -0.4 is 4.89 Å². The number of hydrogen-bond donors (Lipinski definition) is 1. The van der Waals surface area contributed by atoms with E-state index in [1.807, 2.05) is 21.1 Å². The summed E-state index contributed by atoms with van der Waals surface area (Å²) in [5.41, 5.74) is 0.583. The van der Waals surface area contributed by atoms with Gasteiger partial charge < -0.3 is 19.2 Å². The van der Waals surface area contributed by atoms with E-state index in [0.717, 1.165) is 44.9 Å². The fraction of sp³-hybridized carbons (Fsp3) is 0.778. The SMILES string of the molecule is C=C(C)C(=O)OCCCCCCCCC/[P+]([O-])=C(\O)C[N+](C)(C)C. The fourth-order valence-corrected chi connectivity index (χ4v) is 3.51. The molecule has 0 aliphatic heterocycles. The number of carbonyl (C=O) groups is 1. The van der Waals surface area contributed by atoms with E-state index in [0.29, 0.717) is 29.4 Å². The maximum atomic E-state index is 11.9. The lowest BCUT2D eigenvalue weighted by atomic mass is 10.1. The Morgan fingerprint density at radius 2 is 1.58 bits per heavy atom. The van der Waals surface area contributed by atoms with Crippen molar-refractivity contribution in [2.75, 3.05) is 40.5 Å². The number of quaternary nitrogens is 1. The Morgan fingerprint density at radius 1 is 1.08 bits per heavy atom. The minimum Gasteiger partial charge on any atom is -0.629 e. The van der Waals surface area contributed by atoms with Gasteiger partial charge in [0, 0.05) is 5.57 Å². The number of aliphatic hydroxyl groups excluding tert-OH is 1. The van der Waals surface area contributed by atoms with Gasteiger partial charge in [-0.2, -0.15) is 0 Å². The molecule has 0 saturated heterocycles. The summed E-state index contributed by atoms with van der Waals surface area (Å²) in [6, 6.07) is 0. The monoisotopic (exact) mass is 360 g/mol. The topological polar surface area (TPSA) is 69.6 Å². The molecule has 0 aromatic heterocycles. The molecule has 0 bridgehead atoms. The van der Waals surface area contributed by atoms with Crippen molar-refractivity contribution in [1.29, 1.82) is 0 Å². The van der Waals surface area contributed by atoms with E-state index in [1.165, 1.54) is 0 Å². The Kier molecular flexibility index (Phi) is 12.2. The Labute approximate surface area is 148 Å². The van der Waals surface area contributed by atoms with Crippen molar-refractivity contribution in [3.63, 3.8) is 0 Å². The zero-order chi connectivity index (χ0) is 18.6. The number of esters is 1. The summed E-state index contributed by atoms with van der Waals surface area (Å²) in [7, 11) is 4.31. The molecule has 0 aliphatic rings. The number of rotatable bonds is 13. The third-order valence-electron chi connectivity index (χ3n) is 3.49. The second-order valence-corrected chi connectivity index (χ2v) is 9.08. The van der Waals surface area contributed by atoms with E-state index < -0.39 is 7.77 Å². The van der Waals surface area contributed by atoms with Crippen LogP contribution in [0, 0.1) is 0 Å². The largest absolute Gasteiger partial charge is 0.629 e. The molecule has 1 atom stereocenters. The van der Waals surface area contributed by atoms with Crippen LogP contribution in [0.5, 0.6) is 0 Å². The van der Waals surface area contributed by atoms with Crippen molar-refractivity contribution in [2.24, 2.45) is 0 Å². The average molecular weight is 360 g/mol. The van der Waals surface area contributed by atoms with E-state index in [-0.39, 0.29) is 11.4 Å². The molecule has 140 valence electrons. The molecule has 24 heavy (non-hydrogen) atoms. The summed E-state index contributed by atoms with van der Waals surface area (Å²) in [5, 5.41) is 9.83. The van der Waals surface area contributed by atoms with Crippen molar-refractivity contribution in [2.45, 2.75) is 51.9 Å². The highest BCUT2D eigenvalue weighted by Gasteiger charge is 2.16. The van der Waals surface area contributed by atoms with Crippen LogP contribution in [0.15, 0.2) is 12.2 Å². The number of carbonyl (C=O) groups excluding carboxylic acids is 1. The molecule has 0 saturated carbocycles. The minimum absolute atomic E-state index is 0.141. The van der Waals surface area contributed by atoms with Crippen LogP contribution in [-0.2, 0) is 9.53 Å². The molecule has 0 aromatic carbocycles. The third kappa shape index (κ3) is 13.7. The highest BCUT2D eigenvalue weighted by atomic mass is 31.1. The molecule has 1 unspecified atom stereocenters. The van der Waals surface area contributed by atoms with Crippen molar-refractivity contribution in [3.05, 3.63) is 12.2 Å². The smallest absolute Gasteiger partial charge is 0.333 e. The van der Waals surface area contributed by atoms with Gasteiger partial charge in [-0.05, 0) is 26.2 Å². The number of unbranched alkanes of at least 4 members (excludes halogenated alkanes) is 6. The molecule has 0 aliphatic carbocycles. The Bertz CT molecular complexity index is 427. The van der Waals surface area contributed by atoms with Crippen LogP contribution in [0.2, 0.25) is 0 Å². The van der Waals surface area contributed by atoms with Gasteiger partial charge in [0.2, 0.25) is 0 Å². The van der Waals surface area contributed by atoms with E-state index in [9.17, 15) is 14.8 Å². The fourth-order valence-electron chi connectivity index (χ4n) is 2.16. The van der Waals surface area contributed by atoms with Crippen LogP contribution in [0.1, 0.15) is 51.9 Å². The highest BCUT2D eigenvalue weighted by Crippen LogP contribution is 2.18. The predicted molar refractivity (Wildman–Crippen MR) is 99.7 cm³/mol. The third-order valence-corrected chi connectivity index (χ3v) is 4.93. The van der Waals surface area contributed by atoms with E-state index >= 15 is 0 Å². The lowest BCUT2D eigenvalue weighted by molar-refractivity contribution is -0.861. The molecule has 0 aromatic rings. The van der Waals surface area contributed by atoms with Crippen molar-refractivity contribution in [3.8, 4) is 0 Å². The van der Waals surface area contributed by atoms with Gasteiger partial charge in [0.15, 0.2) is 6.54 Å². The standard InChI is InChI=1S/C18H34NO4P/c1-16(2)18(21)23-13-11-9-7-6-8-10-12-14-24(22)17(20)15-19(3,4)5/h1,6-15H2,2-5H3/p+1. The van der Waals surface area contributed by atoms with Gasteiger partial charge in [-0.1, -0.05) is 32.3 Å². The van der Waals surface area contributed by atoms with Crippen LogP contribution in [0.3, 0.4) is 0 Å². The summed E-state index contributed by atoms with van der Waals surface area (Å²) in [4.78, 5) is 23.1. The maximum Gasteiger partial charge on any atom is 0.333 e. The Morgan fingerprint density at radius 3 is 2.08 bits per heavy atom. The summed E-state index contributed by atoms with van der Waals surface area (Å²) in [6.07, 6.45) is 7.84. The molecule has 0 spiro atoms. The van der Waals surface area contributed by atoms with E-state index in [4.69, 9.17) is 4.74 Å². The van der Waals surface area contributed by atoms with Crippen LogP contribution >= 0.6 is 7.77 Å². The second kappa shape index (κ2) is 12.6. The Balaban J connectivity index is 3.56. The second-order valence-electron chi connectivity index (χ2n) is 7.36. The van der Waals surface area contributed by atoms with Gasteiger partial charge in [-0.3, -0.25) is 0 Å². The number of ether oxygens (including phenoxy) is 1. The van der Waals surface area contributed by atoms with Gasteiger partial charge in [0.05, 0.1) is 35.5 Å². The van der Waals surface area contributed by atoms with Gasteiger partial charge in [0.25, 0.3) is 5.48 Å². The maximum absolute atomic E-state index is 11.9. The minimum atomic E-state index is -1.60. The van der Waals surface area contributed by atoms with Crippen molar-refractivity contribution >= 4 is 19.2 Å². The van der Waals surface area contributed by atoms with Crippen LogP contribution in [0.4, 0.5) is 0 Å². The first-order chi connectivity index (χ1) is 11.1. The van der Waals surface area contributed by atoms with Crippen LogP contribution in [0.25, 0.3) is 0 Å². The first-order valence-corrected chi connectivity index (χ1v) is 10.2.